The Kier molecular flexibility index (Phi) is 6.27. The number of benzene rings is 2. The first-order valence-corrected chi connectivity index (χ1v) is 8.58. The first kappa shape index (κ1) is 16.5. The molecule has 0 aliphatic heterocycles. The number of hydrogen-bond acceptors (Lipinski definition) is 2. The van der Waals surface area contributed by atoms with Crippen molar-refractivity contribution in [2.75, 3.05) is 0 Å². The van der Waals surface area contributed by atoms with Crippen molar-refractivity contribution in [3.8, 4) is 5.75 Å². The van der Waals surface area contributed by atoms with Crippen LogP contribution in [0, 0.1) is 0 Å². The first-order valence-electron chi connectivity index (χ1n) is 6.99. The van der Waals surface area contributed by atoms with Crippen LogP contribution in [0.5, 0.6) is 5.75 Å². The second kappa shape index (κ2) is 7.97. The fraction of sp³-hybridized carbons (Fsp3) is 0.294. The van der Waals surface area contributed by atoms with Gasteiger partial charge in [0.15, 0.2) is 0 Å². The summed E-state index contributed by atoms with van der Waals surface area (Å²) in [6.45, 7) is 2.67. The third-order valence-electron chi connectivity index (χ3n) is 3.34. The molecule has 0 aliphatic carbocycles. The molecule has 0 spiro atoms. The van der Waals surface area contributed by atoms with Gasteiger partial charge in [0.25, 0.3) is 0 Å². The highest BCUT2D eigenvalue weighted by Crippen LogP contribution is 2.25. The quantitative estimate of drug-likeness (QED) is 0.718. The van der Waals surface area contributed by atoms with Gasteiger partial charge in [-0.1, -0.05) is 50.9 Å². The number of rotatable bonds is 6. The maximum absolute atomic E-state index is 6.04. The minimum Gasteiger partial charge on any atom is -0.489 e. The van der Waals surface area contributed by atoms with Gasteiger partial charge in [0.2, 0.25) is 0 Å². The normalized spacial score (nSPS) is 12.2. The van der Waals surface area contributed by atoms with E-state index < -0.39 is 0 Å². The van der Waals surface area contributed by atoms with Crippen LogP contribution in [0.25, 0.3) is 0 Å². The molecule has 2 N–H and O–H groups in total. The second-order valence-corrected chi connectivity index (χ2v) is 6.81. The predicted molar refractivity (Wildman–Crippen MR) is 94.6 cm³/mol. The summed E-state index contributed by atoms with van der Waals surface area (Å²) in [5, 5.41) is 0. The third kappa shape index (κ3) is 5.13. The van der Waals surface area contributed by atoms with Crippen molar-refractivity contribution in [2.24, 2.45) is 5.73 Å². The molecule has 0 amide bonds. The van der Waals surface area contributed by atoms with Crippen LogP contribution in [0.3, 0.4) is 0 Å². The zero-order chi connectivity index (χ0) is 15.2. The molecule has 1 unspecified atom stereocenters. The van der Waals surface area contributed by atoms with E-state index in [0.717, 1.165) is 33.1 Å². The van der Waals surface area contributed by atoms with Crippen LogP contribution >= 0.6 is 31.9 Å². The largest absolute Gasteiger partial charge is 0.489 e. The van der Waals surface area contributed by atoms with Gasteiger partial charge in [0.05, 0.1) is 0 Å². The first-order chi connectivity index (χ1) is 10.1. The second-order valence-electron chi connectivity index (χ2n) is 5.04. The van der Waals surface area contributed by atoms with Crippen molar-refractivity contribution in [1.82, 2.24) is 0 Å². The summed E-state index contributed by atoms with van der Waals surface area (Å²) in [5.74, 6) is 0.874. The number of hydrogen-bond donors (Lipinski definition) is 1. The SMILES string of the molecule is CCC(N)Cc1cc(OCc2ccc(Br)cc2)ccc1Br. The summed E-state index contributed by atoms with van der Waals surface area (Å²) in [4.78, 5) is 0. The summed E-state index contributed by atoms with van der Waals surface area (Å²) in [6.07, 6.45) is 1.82. The monoisotopic (exact) mass is 411 g/mol. The molecule has 21 heavy (non-hydrogen) atoms. The minimum atomic E-state index is 0.183. The zero-order valence-corrected chi connectivity index (χ0v) is 15.2. The van der Waals surface area contributed by atoms with Crippen molar-refractivity contribution < 1.29 is 4.74 Å². The minimum absolute atomic E-state index is 0.183. The number of halogens is 2. The van der Waals surface area contributed by atoms with Gasteiger partial charge in [-0.25, -0.2) is 0 Å². The Labute approximate surface area is 143 Å². The molecule has 0 radical (unpaired) electrons. The topological polar surface area (TPSA) is 35.2 Å². The van der Waals surface area contributed by atoms with Crippen molar-refractivity contribution in [3.63, 3.8) is 0 Å². The van der Waals surface area contributed by atoms with Gasteiger partial charge in [0.1, 0.15) is 12.4 Å². The van der Waals surface area contributed by atoms with Crippen molar-refractivity contribution in [1.29, 1.82) is 0 Å². The zero-order valence-electron chi connectivity index (χ0n) is 12.0. The average molecular weight is 413 g/mol. The van der Waals surface area contributed by atoms with Crippen LogP contribution in [0.1, 0.15) is 24.5 Å². The summed E-state index contributed by atoms with van der Waals surface area (Å²) in [7, 11) is 0. The molecule has 0 aliphatic rings. The molecular formula is C17H19Br2NO. The number of nitrogens with two attached hydrogens (primary N) is 1. The molecule has 0 saturated carbocycles. The van der Waals surface area contributed by atoms with Gasteiger partial charge in [-0.2, -0.15) is 0 Å². The molecule has 0 heterocycles. The van der Waals surface area contributed by atoms with Crippen LogP contribution in [0.15, 0.2) is 51.4 Å². The molecule has 2 aromatic rings. The third-order valence-corrected chi connectivity index (χ3v) is 4.64. The number of ether oxygens (including phenoxy) is 1. The van der Waals surface area contributed by atoms with Crippen LogP contribution in [0.4, 0.5) is 0 Å². The molecule has 0 saturated heterocycles. The van der Waals surface area contributed by atoms with Crippen molar-refractivity contribution in [2.45, 2.75) is 32.4 Å². The van der Waals surface area contributed by atoms with Gasteiger partial charge in [-0.15, -0.1) is 0 Å². The van der Waals surface area contributed by atoms with Crippen LogP contribution in [0.2, 0.25) is 0 Å². The Morgan fingerprint density at radius 1 is 1.10 bits per heavy atom. The summed E-state index contributed by atoms with van der Waals surface area (Å²) in [6, 6.07) is 14.4. The van der Waals surface area contributed by atoms with Crippen LogP contribution < -0.4 is 10.5 Å². The van der Waals surface area contributed by atoms with Gasteiger partial charge in [0, 0.05) is 15.0 Å². The van der Waals surface area contributed by atoms with E-state index in [-0.39, 0.29) is 6.04 Å². The van der Waals surface area contributed by atoms with Gasteiger partial charge in [-0.05, 0) is 54.3 Å². The molecule has 2 nitrogen and oxygen atoms in total. The molecule has 2 rings (SSSR count). The van der Waals surface area contributed by atoms with E-state index in [1.165, 1.54) is 5.56 Å². The van der Waals surface area contributed by atoms with E-state index in [0.29, 0.717) is 6.61 Å². The standard InChI is InChI=1S/C17H19Br2NO/c1-2-15(20)9-13-10-16(7-8-17(13)19)21-11-12-3-5-14(18)6-4-12/h3-8,10,15H,2,9,11,20H2,1H3. The lowest BCUT2D eigenvalue weighted by molar-refractivity contribution is 0.306. The van der Waals surface area contributed by atoms with Crippen LogP contribution in [-0.4, -0.2) is 6.04 Å². The van der Waals surface area contributed by atoms with E-state index in [1.807, 2.05) is 24.3 Å². The summed E-state index contributed by atoms with van der Waals surface area (Å²) >= 11 is 7.01. The molecule has 4 heteroatoms. The maximum atomic E-state index is 6.04. The molecule has 0 bridgehead atoms. The smallest absolute Gasteiger partial charge is 0.120 e. The molecule has 1 atom stereocenters. The Balaban J connectivity index is 2.03. The summed E-state index contributed by atoms with van der Waals surface area (Å²) in [5.41, 5.74) is 8.38. The van der Waals surface area contributed by atoms with Gasteiger partial charge in [-0.3, -0.25) is 0 Å². The fourth-order valence-electron chi connectivity index (χ4n) is 1.97. The molecule has 2 aromatic carbocycles. The van der Waals surface area contributed by atoms with Crippen LogP contribution in [-0.2, 0) is 13.0 Å². The molecular weight excluding hydrogens is 394 g/mol. The van der Waals surface area contributed by atoms with Gasteiger partial charge < -0.3 is 10.5 Å². The van der Waals surface area contributed by atoms with E-state index in [2.05, 4.69) is 57.0 Å². The molecule has 112 valence electrons. The van der Waals surface area contributed by atoms with Crippen molar-refractivity contribution >= 4 is 31.9 Å². The van der Waals surface area contributed by atoms with E-state index in [9.17, 15) is 0 Å². The molecule has 0 aromatic heterocycles. The molecule has 0 fully saturated rings. The Bertz CT molecular complexity index is 584. The average Bonchev–Trinajstić information content (AvgIpc) is 2.49. The van der Waals surface area contributed by atoms with E-state index in [4.69, 9.17) is 10.5 Å². The lowest BCUT2D eigenvalue weighted by atomic mass is 10.0. The van der Waals surface area contributed by atoms with Gasteiger partial charge >= 0.3 is 0 Å². The highest BCUT2D eigenvalue weighted by Gasteiger charge is 2.07. The van der Waals surface area contributed by atoms with E-state index >= 15 is 0 Å². The highest BCUT2D eigenvalue weighted by atomic mass is 79.9. The maximum Gasteiger partial charge on any atom is 0.120 e. The van der Waals surface area contributed by atoms with Crippen molar-refractivity contribution in [3.05, 3.63) is 62.5 Å². The summed E-state index contributed by atoms with van der Waals surface area (Å²) < 4.78 is 8.03. The lowest BCUT2D eigenvalue weighted by Crippen LogP contribution is -2.21. The Hall–Kier alpha value is -0.840. The lowest BCUT2D eigenvalue weighted by Gasteiger charge is -2.13. The highest BCUT2D eigenvalue weighted by molar-refractivity contribution is 9.10. The predicted octanol–water partition coefficient (Wildman–Crippen LogP) is 5.07. The van der Waals surface area contributed by atoms with E-state index in [1.54, 1.807) is 0 Å². The Morgan fingerprint density at radius 3 is 2.48 bits per heavy atom. The fourth-order valence-corrected chi connectivity index (χ4v) is 2.64. The Morgan fingerprint density at radius 2 is 1.81 bits per heavy atom.